The van der Waals surface area contributed by atoms with Gasteiger partial charge < -0.3 is 14.8 Å². The molecule has 0 fully saturated rings. The predicted molar refractivity (Wildman–Crippen MR) is 108 cm³/mol. The molecular formula is C22H24N2O4. The van der Waals surface area contributed by atoms with Crippen LogP contribution in [0.4, 0.5) is 5.69 Å². The Hall–Kier alpha value is -3.12. The van der Waals surface area contributed by atoms with Crippen LogP contribution < -0.4 is 10.1 Å². The summed E-state index contributed by atoms with van der Waals surface area (Å²) in [5.41, 5.74) is 3.19. The van der Waals surface area contributed by atoms with Gasteiger partial charge in [-0.2, -0.15) is 0 Å². The summed E-state index contributed by atoms with van der Waals surface area (Å²) in [7, 11) is 3.19. The van der Waals surface area contributed by atoms with Crippen molar-refractivity contribution in [3.05, 3.63) is 65.4 Å². The van der Waals surface area contributed by atoms with Crippen molar-refractivity contribution in [2.45, 2.75) is 13.3 Å². The Morgan fingerprint density at radius 2 is 1.61 bits per heavy atom. The highest BCUT2D eigenvalue weighted by molar-refractivity contribution is 6.36. The van der Waals surface area contributed by atoms with E-state index in [2.05, 4.69) is 5.32 Å². The Morgan fingerprint density at radius 3 is 2.21 bits per heavy atom. The summed E-state index contributed by atoms with van der Waals surface area (Å²) in [5.74, 6) is 0.0989. The lowest BCUT2D eigenvalue weighted by molar-refractivity contribution is -0.136. The molecule has 0 atom stereocenters. The van der Waals surface area contributed by atoms with Crippen molar-refractivity contribution >= 4 is 23.1 Å². The molecule has 1 N–H and O–H groups in total. The molecule has 146 valence electrons. The molecule has 0 saturated carbocycles. The molecule has 2 aromatic carbocycles. The van der Waals surface area contributed by atoms with Crippen LogP contribution in [0.3, 0.4) is 0 Å². The van der Waals surface area contributed by atoms with Crippen LogP contribution in [0, 0.1) is 6.92 Å². The number of benzene rings is 2. The van der Waals surface area contributed by atoms with E-state index in [1.54, 1.807) is 26.4 Å². The molecule has 0 radical (unpaired) electrons. The summed E-state index contributed by atoms with van der Waals surface area (Å²) in [4.78, 5) is 27.3. The summed E-state index contributed by atoms with van der Waals surface area (Å²) < 4.78 is 10.2. The van der Waals surface area contributed by atoms with Gasteiger partial charge in [0.25, 0.3) is 11.8 Å². The number of hydrogen-bond acceptors (Lipinski definition) is 5. The van der Waals surface area contributed by atoms with E-state index in [1.165, 1.54) is 4.90 Å². The minimum absolute atomic E-state index is 0.288. The minimum Gasteiger partial charge on any atom is -0.497 e. The number of imide groups is 1. The van der Waals surface area contributed by atoms with Gasteiger partial charge in [-0.25, -0.2) is 0 Å². The van der Waals surface area contributed by atoms with Gasteiger partial charge in [0.1, 0.15) is 11.4 Å². The first-order valence-electron chi connectivity index (χ1n) is 9.12. The Bertz CT molecular complexity index is 886. The van der Waals surface area contributed by atoms with Crippen LogP contribution in [0.2, 0.25) is 0 Å². The highest BCUT2D eigenvalue weighted by Gasteiger charge is 2.38. The summed E-state index contributed by atoms with van der Waals surface area (Å²) >= 11 is 0. The zero-order valence-electron chi connectivity index (χ0n) is 16.3. The molecule has 3 rings (SSSR count). The second-order valence-corrected chi connectivity index (χ2v) is 6.58. The maximum Gasteiger partial charge on any atom is 0.278 e. The van der Waals surface area contributed by atoms with Crippen LogP contribution in [0.15, 0.2) is 54.2 Å². The van der Waals surface area contributed by atoms with Crippen LogP contribution in [-0.2, 0) is 14.3 Å². The van der Waals surface area contributed by atoms with E-state index < -0.39 is 0 Å². The van der Waals surface area contributed by atoms with Crippen molar-refractivity contribution in [1.82, 2.24) is 4.90 Å². The van der Waals surface area contributed by atoms with Crippen molar-refractivity contribution in [2.75, 3.05) is 32.7 Å². The third kappa shape index (κ3) is 4.07. The Morgan fingerprint density at radius 1 is 0.929 bits per heavy atom. The Labute approximate surface area is 164 Å². The van der Waals surface area contributed by atoms with E-state index >= 15 is 0 Å². The molecule has 28 heavy (non-hydrogen) atoms. The molecule has 1 aliphatic rings. The number of methoxy groups -OCH3 is 2. The third-order valence-electron chi connectivity index (χ3n) is 4.60. The molecule has 6 nitrogen and oxygen atoms in total. The molecule has 0 unspecified atom stereocenters. The number of carbonyl (C=O) groups is 2. The number of amides is 2. The Balaban J connectivity index is 1.96. The quantitative estimate of drug-likeness (QED) is 0.563. The van der Waals surface area contributed by atoms with Crippen molar-refractivity contribution < 1.29 is 19.1 Å². The average Bonchev–Trinajstić information content (AvgIpc) is 2.94. The molecule has 2 aromatic rings. The fourth-order valence-electron chi connectivity index (χ4n) is 3.07. The van der Waals surface area contributed by atoms with Gasteiger partial charge >= 0.3 is 0 Å². The first kappa shape index (κ1) is 19.6. The topological polar surface area (TPSA) is 67.9 Å². The van der Waals surface area contributed by atoms with Gasteiger partial charge in [0.05, 0.1) is 12.7 Å². The van der Waals surface area contributed by atoms with E-state index in [-0.39, 0.29) is 17.5 Å². The molecule has 0 aromatic heterocycles. The smallest absolute Gasteiger partial charge is 0.278 e. The van der Waals surface area contributed by atoms with Crippen LogP contribution in [-0.4, -0.2) is 44.1 Å². The largest absolute Gasteiger partial charge is 0.497 e. The second-order valence-electron chi connectivity index (χ2n) is 6.58. The van der Waals surface area contributed by atoms with Crippen LogP contribution in [0.5, 0.6) is 5.75 Å². The normalized spacial score (nSPS) is 14.0. The molecule has 0 aliphatic carbocycles. The maximum atomic E-state index is 13.0. The highest BCUT2D eigenvalue weighted by atomic mass is 16.5. The first-order chi connectivity index (χ1) is 13.5. The summed E-state index contributed by atoms with van der Waals surface area (Å²) in [6.07, 6.45) is 0.588. The van der Waals surface area contributed by atoms with E-state index in [9.17, 15) is 9.59 Å². The standard InChI is InChI=1S/C22H24N2O4/c1-15-5-7-16(8-6-15)19-20(23-17-9-11-18(28-3)12-10-17)22(26)24(21(19)25)13-4-14-27-2/h5-12,23H,4,13-14H2,1-3H3. The van der Waals surface area contributed by atoms with Crippen molar-refractivity contribution in [3.63, 3.8) is 0 Å². The molecule has 6 heteroatoms. The van der Waals surface area contributed by atoms with Gasteiger partial charge in [-0.3, -0.25) is 14.5 Å². The highest BCUT2D eigenvalue weighted by Crippen LogP contribution is 2.31. The van der Waals surface area contributed by atoms with Crippen molar-refractivity contribution in [2.24, 2.45) is 0 Å². The maximum absolute atomic E-state index is 13.0. The Kier molecular flexibility index (Phi) is 6.11. The zero-order valence-corrected chi connectivity index (χ0v) is 16.3. The lowest BCUT2D eigenvalue weighted by Gasteiger charge is -2.15. The third-order valence-corrected chi connectivity index (χ3v) is 4.60. The van der Waals surface area contributed by atoms with E-state index in [0.717, 1.165) is 5.56 Å². The summed E-state index contributed by atoms with van der Waals surface area (Å²) in [6.45, 7) is 2.78. The molecule has 2 amide bonds. The number of hydrogen-bond donors (Lipinski definition) is 1. The fourth-order valence-corrected chi connectivity index (χ4v) is 3.07. The van der Waals surface area contributed by atoms with Gasteiger partial charge in [0.15, 0.2) is 0 Å². The molecule has 0 spiro atoms. The fraction of sp³-hybridized carbons (Fsp3) is 0.273. The lowest BCUT2D eigenvalue weighted by Crippen LogP contribution is -2.33. The number of nitrogens with one attached hydrogen (secondary N) is 1. The molecule has 0 bridgehead atoms. The van der Waals surface area contributed by atoms with Gasteiger partial charge in [-0.1, -0.05) is 29.8 Å². The molecular weight excluding hydrogens is 356 g/mol. The SMILES string of the molecule is COCCCN1C(=O)C(Nc2ccc(OC)cc2)=C(c2ccc(C)cc2)C1=O. The number of aryl methyl sites for hydroxylation is 1. The van der Waals surface area contributed by atoms with Crippen LogP contribution >= 0.6 is 0 Å². The summed E-state index contributed by atoms with van der Waals surface area (Å²) in [5, 5.41) is 3.14. The first-order valence-corrected chi connectivity index (χ1v) is 9.12. The number of carbonyl (C=O) groups excluding carboxylic acids is 2. The van der Waals surface area contributed by atoms with Crippen LogP contribution in [0.1, 0.15) is 17.5 Å². The van der Waals surface area contributed by atoms with Crippen molar-refractivity contribution in [1.29, 1.82) is 0 Å². The predicted octanol–water partition coefficient (Wildman–Crippen LogP) is 3.23. The number of nitrogens with zero attached hydrogens (tertiary/aromatic N) is 1. The van der Waals surface area contributed by atoms with Crippen LogP contribution in [0.25, 0.3) is 5.57 Å². The molecule has 0 saturated heterocycles. The monoisotopic (exact) mass is 380 g/mol. The van der Waals surface area contributed by atoms with E-state index in [4.69, 9.17) is 9.47 Å². The van der Waals surface area contributed by atoms with Gasteiger partial charge in [-0.05, 0) is 43.2 Å². The second kappa shape index (κ2) is 8.71. The number of anilines is 1. The average molecular weight is 380 g/mol. The van der Waals surface area contributed by atoms with E-state index in [1.807, 2.05) is 43.3 Å². The zero-order chi connectivity index (χ0) is 20.1. The lowest BCUT2D eigenvalue weighted by atomic mass is 10.0. The van der Waals surface area contributed by atoms with E-state index in [0.29, 0.717) is 42.1 Å². The molecule has 1 aliphatic heterocycles. The van der Waals surface area contributed by atoms with Gasteiger partial charge in [0, 0.05) is 25.9 Å². The van der Waals surface area contributed by atoms with Crippen molar-refractivity contribution in [3.8, 4) is 5.75 Å². The summed E-state index contributed by atoms with van der Waals surface area (Å²) in [6, 6.07) is 14.8. The number of ether oxygens (including phenoxy) is 2. The number of rotatable bonds is 8. The minimum atomic E-state index is -0.326. The van der Waals surface area contributed by atoms with Gasteiger partial charge in [-0.15, -0.1) is 0 Å². The molecule has 1 heterocycles. The van der Waals surface area contributed by atoms with Gasteiger partial charge in [0.2, 0.25) is 0 Å².